The molecule has 0 saturated heterocycles. The number of benzene rings is 1. The summed E-state index contributed by atoms with van der Waals surface area (Å²) < 4.78 is 29.3. The number of rotatable bonds is 5. The van der Waals surface area contributed by atoms with E-state index in [1.54, 1.807) is 0 Å². The highest BCUT2D eigenvalue weighted by atomic mass is 32.2. The smallest absolute Gasteiger partial charge is 0.264 e. The van der Waals surface area contributed by atoms with Crippen LogP contribution in [0, 0.1) is 0 Å². The Morgan fingerprint density at radius 3 is 2.47 bits per heavy atom. The van der Waals surface area contributed by atoms with E-state index in [0.717, 1.165) is 5.56 Å². The van der Waals surface area contributed by atoms with Gasteiger partial charge in [0.25, 0.3) is 10.1 Å². The fraction of sp³-hybridized carbons (Fsp3) is 0.273. The summed E-state index contributed by atoms with van der Waals surface area (Å²) in [5, 5.41) is 0. The lowest BCUT2D eigenvalue weighted by Gasteiger charge is -1.94. The molecule has 1 aromatic carbocycles. The van der Waals surface area contributed by atoms with Gasteiger partial charge in [0, 0.05) is 0 Å². The molecule has 0 heterocycles. The van der Waals surface area contributed by atoms with Gasteiger partial charge in [-0.2, -0.15) is 8.42 Å². The summed E-state index contributed by atoms with van der Waals surface area (Å²) in [5.74, 6) is -0.174. The van der Waals surface area contributed by atoms with Crippen LogP contribution < -0.4 is 0 Å². The van der Waals surface area contributed by atoms with Crippen molar-refractivity contribution in [3.8, 4) is 0 Å². The van der Waals surface area contributed by atoms with Gasteiger partial charge in [0.1, 0.15) is 0 Å². The molecular formula is C11H14O3S. The van der Waals surface area contributed by atoms with Gasteiger partial charge in [-0.3, -0.25) is 4.55 Å². The van der Waals surface area contributed by atoms with Gasteiger partial charge in [-0.05, 0) is 18.4 Å². The van der Waals surface area contributed by atoms with Crippen molar-refractivity contribution in [1.82, 2.24) is 0 Å². The van der Waals surface area contributed by atoms with Crippen LogP contribution >= 0.6 is 0 Å². The molecule has 0 aromatic heterocycles. The van der Waals surface area contributed by atoms with E-state index < -0.39 is 10.1 Å². The quantitative estimate of drug-likeness (QED) is 0.619. The van der Waals surface area contributed by atoms with E-state index in [9.17, 15) is 8.42 Å². The van der Waals surface area contributed by atoms with Crippen molar-refractivity contribution >= 4 is 16.2 Å². The van der Waals surface area contributed by atoms with Crippen molar-refractivity contribution in [2.24, 2.45) is 0 Å². The average molecular weight is 226 g/mol. The Labute approximate surface area is 90.2 Å². The minimum atomic E-state index is -3.80. The van der Waals surface area contributed by atoms with Crippen LogP contribution in [0.15, 0.2) is 36.4 Å². The molecule has 0 spiro atoms. The van der Waals surface area contributed by atoms with Gasteiger partial charge in [0.2, 0.25) is 0 Å². The molecule has 0 aliphatic heterocycles. The van der Waals surface area contributed by atoms with Crippen LogP contribution in [0.2, 0.25) is 0 Å². The molecule has 82 valence electrons. The summed E-state index contributed by atoms with van der Waals surface area (Å²) in [6, 6.07) is 9.77. The Morgan fingerprint density at radius 1 is 1.20 bits per heavy atom. The Kier molecular flexibility index (Phi) is 4.52. The Morgan fingerprint density at radius 2 is 1.87 bits per heavy atom. The zero-order valence-electron chi connectivity index (χ0n) is 8.33. The third-order valence-electron chi connectivity index (χ3n) is 1.88. The first-order valence-electron chi connectivity index (χ1n) is 4.75. The lowest BCUT2D eigenvalue weighted by Crippen LogP contribution is -2.02. The summed E-state index contributed by atoms with van der Waals surface area (Å²) in [6.07, 6.45) is 4.93. The molecule has 1 N–H and O–H groups in total. The molecule has 0 radical (unpaired) electrons. The van der Waals surface area contributed by atoms with Gasteiger partial charge in [-0.15, -0.1) is 0 Å². The number of allylic oxidation sites excluding steroid dienone is 1. The van der Waals surface area contributed by atoms with Crippen molar-refractivity contribution in [3.05, 3.63) is 42.0 Å². The Balaban J connectivity index is 2.30. The SMILES string of the molecule is O=S(=O)(O)CCCC=Cc1ccccc1. The standard InChI is InChI=1S/C11H14O3S/c12-15(13,14)10-6-2-5-9-11-7-3-1-4-8-11/h1,3-5,7-9H,2,6,10H2,(H,12,13,14). The molecule has 0 aliphatic carbocycles. The van der Waals surface area contributed by atoms with E-state index in [1.807, 2.05) is 42.5 Å². The van der Waals surface area contributed by atoms with E-state index in [2.05, 4.69) is 0 Å². The number of hydrogen-bond acceptors (Lipinski definition) is 2. The molecule has 0 saturated carbocycles. The Bertz CT molecular complexity index is 407. The van der Waals surface area contributed by atoms with E-state index in [1.165, 1.54) is 0 Å². The van der Waals surface area contributed by atoms with Gasteiger partial charge >= 0.3 is 0 Å². The summed E-state index contributed by atoms with van der Waals surface area (Å²) in [4.78, 5) is 0. The molecule has 1 rings (SSSR count). The molecular weight excluding hydrogens is 212 g/mol. The first-order chi connectivity index (χ1) is 7.08. The predicted molar refractivity (Wildman–Crippen MR) is 61.1 cm³/mol. The molecule has 0 unspecified atom stereocenters. The molecule has 0 amide bonds. The first kappa shape index (κ1) is 11.9. The summed E-state index contributed by atoms with van der Waals surface area (Å²) in [6.45, 7) is 0. The van der Waals surface area contributed by atoms with Crippen LogP contribution in [0.1, 0.15) is 18.4 Å². The molecule has 0 bridgehead atoms. The van der Waals surface area contributed by atoms with Crippen LogP contribution in [0.25, 0.3) is 6.08 Å². The van der Waals surface area contributed by atoms with Crippen molar-refractivity contribution in [3.63, 3.8) is 0 Å². The second-order valence-corrected chi connectivity index (χ2v) is 4.81. The van der Waals surface area contributed by atoms with Gasteiger partial charge in [-0.25, -0.2) is 0 Å². The molecule has 1 aromatic rings. The van der Waals surface area contributed by atoms with Crippen molar-refractivity contribution in [1.29, 1.82) is 0 Å². The fourth-order valence-electron chi connectivity index (χ4n) is 1.17. The summed E-state index contributed by atoms with van der Waals surface area (Å²) in [5.41, 5.74) is 1.09. The largest absolute Gasteiger partial charge is 0.286 e. The van der Waals surface area contributed by atoms with Gasteiger partial charge in [0.15, 0.2) is 0 Å². The lowest BCUT2D eigenvalue weighted by atomic mass is 10.2. The number of hydrogen-bond donors (Lipinski definition) is 1. The number of unbranched alkanes of at least 4 members (excludes halogenated alkanes) is 1. The fourth-order valence-corrected chi connectivity index (χ4v) is 1.70. The van der Waals surface area contributed by atoms with E-state index in [4.69, 9.17) is 4.55 Å². The van der Waals surface area contributed by atoms with Crippen molar-refractivity contribution < 1.29 is 13.0 Å². The summed E-state index contributed by atoms with van der Waals surface area (Å²) in [7, 11) is -3.80. The summed E-state index contributed by atoms with van der Waals surface area (Å²) >= 11 is 0. The Hall–Kier alpha value is -1.13. The van der Waals surface area contributed by atoms with Crippen LogP contribution in [0.3, 0.4) is 0 Å². The molecule has 0 atom stereocenters. The molecule has 3 nitrogen and oxygen atoms in total. The molecule has 0 fully saturated rings. The van der Waals surface area contributed by atoms with E-state index in [0.29, 0.717) is 12.8 Å². The van der Waals surface area contributed by atoms with Gasteiger partial charge in [0.05, 0.1) is 5.75 Å². The third-order valence-corrected chi connectivity index (χ3v) is 2.69. The normalized spacial score (nSPS) is 12.1. The zero-order valence-corrected chi connectivity index (χ0v) is 9.15. The highest BCUT2D eigenvalue weighted by molar-refractivity contribution is 7.85. The molecule has 15 heavy (non-hydrogen) atoms. The van der Waals surface area contributed by atoms with E-state index >= 15 is 0 Å². The second-order valence-electron chi connectivity index (χ2n) is 3.24. The lowest BCUT2D eigenvalue weighted by molar-refractivity contribution is 0.481. The first-order valence-corrected chi connectivity index (χ1v) is 6.35. The maximum absolute atomic E-state index is 10.4. The van der Waals surface area contributed by atoms with Gasteiger partial charge in [-0.1, -0.05) is 42.5 Å². The third kappa shape index (κ3) is 6.04. The highest BCUT2D eigenvalue weighted by Gasteiger charge is 2.01. The molecule has 0 aliphatic rings. The predicted octanol–water partition coefficient (Wildman–Crippen LogP) is 2.37. The average Bonchev–Trinajstić information content (AvgIpc) is 2.17. The van der Waals surface area contributed by atoms with Crippen molar-refractivity contribution in [2.75, 3.05) is 5.75 Å². The van der Waals surface area contributed by atoms with Crippen molar-refractivity contribution in [2.45, 2.75) is 12.8 Å². The second kappa shape index (κ2) is 5.68. The highest BCUT2D eigenvalue weighted by Crippen LogP contribution is 2.03. The topological polar surface area (TPSA) is 54.4 Å². The zero-order chi connectivity index (χ0) is 11.1. The minimum absolute atomic E-state index is 0.174. The van der Waals surface area contributed by atoms with Crippen LogP contribution in [-0.4, -0.2) is 18.7 Å². The maximum atomic E-state index is 10.4. The molecule has 4 heteroatoms. The maximum Gasteiger partial charge on any atom is 0.264 e. The van der Waals surface area contributed by atoms with Crippen LogP contribution in [-0.2, 0) is 10.1 Å². The van der Waals surface area contributed by atoms with E-state index in [-0.39, 0.29) is 5.75 Å². The van der Waals surface area contributed by atoms with Crippen LogP contribution in [0.4, 0.5) is 0 Å². The monoisotopic (exact) mass is 226 g/mol. The minimum Gasteiger partial charge on any atom is -0.286 e. The van der Waals surface area contributed by atoms with Crippen LogP contribution in [0.5, 0.6) is 0 Å². The van der Waals surface area contributed by atoms with Gasteiger partial charge < -0.3 is 0 Å².